The van der Waals surface area contributed by atoms with E-state index in [1.165, 1.54) is 6.42 Å². The van der Waals surface area contributed by atoms with Crippen LogP contribution >= 0.6 is 0 Å². The average molecular weight is 247 g/mol. The number of rotatable bonds is 1. The monoisotopic (exact) mass is 247 g/mol. The third-order valence-corrected chi connectivity index (χ3v) is 3.90. The normalized spacial score (nSPS) is 28.2. The molecule has 1 fully saturated rings. The van der Waals surface area contributed by atoms with E-state index in [1.54, 1.807) is 18.3 Å². The Hall–Kier alpha value is -1.58. The van der Waals surface area contributed by atoms with Gasteiger partial charge in [-0.3, -0.25) is 4.79 Å². The molecule has 1 aromatic heterocycles. The molecule has 0 saturated carbocycles. The fraction of sp³-hybridized carbons (Fsp3) is 0.571. The van der Waals surface area contributed by atoms with Gasteiger partial charge in [-0.1, -0.05) is 13.8 Å². The standard InChI is InChI=1S/C14H21N3O/c1-9-7-10(2)11(3)17(8-9)14(18)13-12(15)5-4-6-16-13/h4-6,9-11H,7-8,15H2,1-3H3. The SMILES string of the molecule is CC1CC(C)C(C)N(C(=O)c2ncccc2N)C1. The number of nitrogen functional groups attached to an aromatic ring is 1. The van der Waals surface area contributed by atoms with Gasteiger partial charge in [0.2, 0.25) is 0 Å². The van der Waals surface area contributed by atoms with Crippen molar-refractivity contribution in [3.05, 3.63) is 24.0 Å². The Bertz CT molecular complexity index is 446. The maximum absolute atomic E-state index is 12.5. The molecular formula is C14H21N3O. The zero-order chi connectivity index (χ0) is 13.3. The van der Waals surface area contributed by atoms with Crippen molar-refractivity contribution in [3.8, 4) is 0 Å². The van der Waals surface area contributed by atoms with Gasteiger partial charge in [-0.05, 0) is 37.3 Å². The Balaban J connectivity index is 2.25. The van der Waals surface area contributed by atoms with Crippen LogP contribution in [0, 0.1) is 11.8 Å². The number of hydrogen-bond donors (Lipinski definition) is 1. The van der Waals surface area contributed by atoms with E-state index in [9.17, 15) is 4.79 Å². The summed E-state index contributed by atoms with van der Waals surface area (Å²) >= 11 is 0. The van der Waals surface area contributed by atoms with E-state index in [0.29, 0.717) is 23.2 Å². The number of nitrogens with two attached hydrogens (primary N) is 1. The van der Waals surface area contributed by atoms with Crippen LogP contribution in [0.1, 0.15) is 37.7 Å². The maximum Gasteiger partial charge on any atom is 0.274 e. The molecule has 4 heteroatoms. The molecule has 1 aromatic rings. The minimum atomic E-state index is -0.0426. The van der Waals surface area contributed by atoms with Gasteiger partial charge >= 0.3 is 0 Å². The van der Waals surface area contributed by atoms with E-state index < -0.39 is 0 Å². The first kappa shape index (κ1) is 12.9. The van der Waals surface area contributed by atoms with E-state index in [0.717, 1.165) is 6.54 Å². The van der Waals surface area contributed by atoms with Crippen molar-refractivity contribution in [1.82, 2.24) is 9.88 Å². The first-order chi connectivity index (χ1) is 8.50. The molecule has 2 N–H and O–H groups in total. The highest BCUT2D eigenvalue weighted by Crippen LogP contribution is 2.28. The van der Waals surface area contributed by atoms with E-state index in [4.69, 9.17) is 5.73 Å². The van der Waals surface area contributed by atoms with Crippen LogP contribution in [0.2, 0.25) is 0 Å². The largest absolute Gasteiger partial charge is 0.397 e. The number of amides is 1. The molecule has 3 unspecified atom stereocenters. The smallest absolute Gasteiger partial charge is 0.274 e. The number of nitrogens with zero attached hydrogens (tertiary/aromatic N) is 2. The van der Waals surface area contributed by atoms with Gasteiger partial charge in [-0.25, -0.2) is 4.98 Å². The summed E-state index contributed by atoms with van der Waals surface area (Å²) in [4.78, 5) is 18.5. The molecule has 0 radical (unpaired) electrons. The van der Waals surface area contributed by atoms with Crippen molar-refractivity contribution in [3.63, 3.8) is 0 Å². The zero-order valence-electron chi connectivity index (χ0n) is 11.3. The Kier molecular flexibility index (Phi) is 3.55. The molecule has 0 spiro atoms. The lowest BCUT2D eigenvalue weighted by molar-refractivity contribution is 0.0451. The van der Waals surface area contributed by atoms with E-state index in [1.807, 2.05) is 4.90 Å². The van der Waals surface area contributed by atoms with E-state index in [2.05, 4.69) is 25.8 Å². The first-order valence-electron chi connectivity index (χ1n) is 6.52. The predicted molar refractivity (Wildman–Crippen MR) is 72.1 cm³/mol. The molecule has 0 aromatic carbocycles. The Morgan fingerprint density at radius 3 is 2.83 bits per heavy atom. The van der Waals surface area contributed by atoms with Crippen LogP contribution in [0.15, 0.2) is 18.3 Å². The number of piperidine rings is 1. The molecule has 3 atom stereocenters. The summed E-state index contributed by atoms with van der Waals surface area (Å²) in [5, 5.41) is 0. The molecule has 1 amide bonds. The first-order valence-corrected chi connectivity index (χ1v) is 6.52. The van der Waals surface area contributed by atoms with Crippen molar-refractivity contribution in [2.75, 3.05) is 12.3 Å². The zero-order valence-corrected chi connectivity index (χ0v) is 11.3. The van der Waals surface area contributed by atoms with Crippen molar-refractivity contribution in [2.45, 2.75) is 33.2 Å². The van der Waals surface area contributed by atoms with Gasteiger partial charge in [0.15, 0.2) is 5.69 Å². The summed E-state index contributed by atoms with van der Waals surface area (Å²) < 4.78 is 0. The molecule has 4 nitrogen and oxygen atoms in total. The van der Waals surface area contributed by atoms with Gasteiger partial charge < -0.3 is 10.6 Å². The van der Waals surface area contributed by atoms with Gasteiger partial charge in [0.05, 0.1) is 5.69 Å². The lowest BCUT2D eigenvalue weighted by Gasteiger charge is -2.41. The number of pyridine rings is 1. The summed E-state index contributed by atoms with van der Waals surface area (Å²) in [5.74, 6) is 1.01. The maximum atomic E-state index is 12.5. The highest BCUT2D eigenvalue weighted by atomic mass is 16.2. The number of carbonyl (C=O) groups excluding carboxylic acids is 1. The molecule has 0 bridgehead atoms. The second-order valence-electron chi connectivity index (χ2n) is 5.46. The van der Waals surface area contributed by atoms with Gasteiger partial charge in [-0.15, -0.1) is 0 Å². The Morgan fingerprint density at radius 1 is 1.44 bits per heavy atom. The Morgan fingerprint density at radius 2 is 2.17 bits per heavy atom. The topological polar surface area (TPSA) is 59.2 Å². The quantitative estimate of drug-likeness (QED) is 0.827. The van der Waals surface area contributed by atoms with Gasteiger partial charge in [0.25, 0.3) is 5.91 Å². The third-order valence-electron chi connectivity index (χ3n) is 3.90. The van der Waals surface area contributed by atoms with Gasteiger partial charge in [0, 0.05) is 18.8 Å². The van der Waals surface area contributed by atoms with Crippen LogP contribution in [0.25, 0.3) is 0 Å². The van der Waals surface area contributed by atoms with E-state index >= 15 is 0 Å². The number of hydrogen-bond acceptors (Lipinski definition) is 3. The summed E-state index contributed by atoms with van der Waals surface area (Å²) in [6, 6.07) is 3.72. The number of anilines is 1. The van der Waals surface area contributed by atoms with Crippen molar-refractivity contribution in [1.29, 1.82) is 0 Å². The van der Waals surface area contributed by atoms with Crippen LogP contribution in [-0.4, -0.2) is 28.4 Å². The fourth-order valence-electron chi connectivity index (χ4n) is 2.72. The van der Waals surface area contributed by atoms with Crippen LogP contribution in [0.4, 0.5) is 5.69 Å². The minimum absolute atomic E-state index is 0.0426. The molecule has 18 heavy (non-hydrogen) atoms. The fourth-order valence-corrected chi connectivity index (χ4v) is 2.72. The molecular weight excluding hydrogens is 226 g/mol. The predicted octanol–water partition coefficient (Wildman–Crippen LogP) is 2.17. The highest BCUT2D eigenvalue weighted by molar-refractivity contribution is 5.97. The molecule has 2 rings (SSSR count). The Labute approximate surface area is 108 Å². The van der Waals surface area contributed by atoms with Gasteiger partial charge in [-0.2, -0.15) is 0 Å². The van der Waals surface area contributed by atoms with Crippen LogP contribution in [0.3, 0.4) is 0 Å². The summed E-state index contributed by atoms with van der Waals surface area (Å²) in [5.41, 5.74) is 6.67. The molecule has 2 heterocycles. The summed E-state index contributed by atoms with van der Waals surface area (Å²) in [7, 11) is 0. The highest BCUT2D eigenvalue weighted by Gasteiger charge is 2.33. The van der Waals surface area contributed by atoms with Gasteiger partial charge in [0.1, 0.15) is 0 Å². The van der Waals surface area contributed by atoms with Crippen molar-refractivity contribution in [2.24, 2.45) is 11.8 Å². The molecule has 0 aliphatic carbocycles. The van der Waals surface area contributed by atoms with Crippen LogP contribution < -0.4 is 5.73 Å². The van der Waals surface area contributed by atoms with E-state index in [-0.39, 0.29) is 11.9 Å². The summed E-state index contributed by atoms with van der Waals surface area (Å²) in [6.07, 6.45) is 2.79. The molecule has 1 saturated heterocycles. The lowest BCUT2D eigenvalue weighted by Crippen LogP contribution is -2.49. The minimum Gasteiger partial charge on any atom is -0.397 e. The lowest BCUT2D eigenvalue weighted by atomic mass is 9.86. The molecule has 98 valence electrons. The summed E-state index contributed by atoms with van der Waals surface area (Å²) in [6.45, 7) is 7.28. The van der Waals surface area contributed by atoms with Crippen LogP contribution in [0.5, 0.6) is 0 Å². The van der Waals surface area contributed by atoms with Crippen LogP contribution in [-0.2, 0) is 0 Å². The number of carbonyl (C=O) groups is 1. The van der Waals surface area contributed by atoms with Crippen molar-refractivity contribution < 1.29 is 4.79 Å². The molecule has 1 aliphatic heterocycles. The second kappa shape index (κ2) is 4.96. The third kappa shape index (κ3) is 2.33. The second-order valence-corrected chi connectivity index (χ2v) is 5.46. The van der Waals surface area contributed by atoms with Crippen molar-refractivity contribution >= 4 is 11.6 Å². The average Bonchev–Trinajstić information content (AvgIpc) is 2.33. The number of likely N-dealkylation sites (tertiary alicyclic amines) is 1. The number of aromatic nitrogens is 1. The molecule has 1 aliphatic rings.